The molecule has 1 aromatic heterocycles. The van der Waals surface area contributed by atoms with Gasteiger partial charge in [0.2, 0.25) is 5.91 Å². The number of rotatable bonds is 4. The van der Waals surface area contributed by atoms with Gasteiger partial charge in [0.1, 0.15) is 0 Å². The highest BCUT2D eigenvalue weighted by Crippen LogP contribution is 2.23. The minimum Gasteiger partial charge on any atom is -0.342 e. The van der Waals surface area contributed by atoms with Crippen molar-refractivity contribution in [3.63, 3.8) is 0 Å². The van der Waals surface area contributed by atoms with Crippen LogP contribution in [0.2, 0.25) is 0 Å². The Bertz CT molecular complexity index is 479. The predicted octanol–water partition coefficient (Wildman–Crippen LogP) is 2.25. The van der Waals surface area contributed by atoms with Crippen molar-refractivity contribution in [3.8, 4) is 0 Å². The SMILES string of the molecule is O=C(CN1CCN(Cc2ccc(Br)s2)CC1)N1CCCC1. The molecule has 0 bridgehead atoms. The molecule has 2 fully saturated rings. The molecule has 0 unspecified atom stereocenters. The molecule has 4 nitrogen and oxygen atoms in total. The van der Waals surface area contributed by atoms with E-state index in [0.29, 0.717) is 12.5 Å². The third-order valence-electron chi connectivity index (χ3n) is 4.29. The van der Waals surface area contributed by atoms with Crippen LogP contribution in [-0.4, -0.2) is 66.4 Å². The number of amides is 1. The van der Waals surface area contributed by atoms with Crippen molar-refractivity contribution in [3.05, 3.63) is 20.8 Å². The number of hydrogen-bond donors (Lipinski definition) is 0. The molecule has 1 amide bonds. The summed E-state index contributed by atoms with van der Waals surface area (Å²) in [6, 6.07) is 4.31. The lowest BCUT2D eigenvalue weighted by Gasteiger charge is -2.34. The number of halogens is 1. The fourth-order valence-electron chi connectivity index (χ4n) is 3.02. The molecular formula is C15H22BrN3OS. The molecular weight excluding hydrogens is 350 g/mol. The highest BCUT2D eigenvalue weighted by atomic mass is 79.9. The van der Waals surface area contributed by atoms with Crippen molar-refractivity contribution in [1.82, 2.24) is 14.7 Å². The molecule has 1 aromatic rings. The molecule has 0 radical (unpaired) electrons. The minimum atomic E-state index is 0.322. The van der Waals surface area contributed by atoms with E-state index in [1.54, 1.807) is 0 Å². The maximum Gasteiger partial charge on any atom is 0.236 e. The van der Waals surface area contributed by atoms with E-state index in [0.717, 1.165) is 45.8 Å². The van der Waals surface area contributed by atoms with E-state index in [9.17, 15) is 4.79 Å². The van der Waals surface area contributed by atoms with Crippen LogP contribution in [0.4, 0.5) is 0 Å². The summed E-state index contributed by atoms with van der Waals surface area (Å²) in [7, 11) is 0. The molecule has 3 heterocycles. The van der Waals surface area contributed by atoms with Gasteiger partial charge >= 0.3 is 0 Å². The van der Waals surface area contributed by atoms with Gasteiger partial charge in [-0.25, -0.2) is 0 Å². The highest BCUT2D eigenvalue weighted by molar-refractivity contribution is 9.11. The second-order valence-electron chi connectivity index (χ2n) is 5.85. The molecule has 6 heteroatoms. The van der Waals surface area contributed by atoms with Crippen molar-refractivity contribution in [2.45, 2.75) is 19.4 Å². The lowest BCUT2D eigenvalue weighted by atomic mass is 10.3. The third-order valence-corrected chi connectivity index (χ3v) is 5.90. The molecule has 0 aromatic carbocycles. The number of carbonyl (C=O) groups is 1. The van der Waals surface area contributed by atoms with Gasteiger partial charge < -0.3 is 4.90 Å². The summed E-state index contributed by atoms with van der Waals surface area (Å²) in [4.78, 5) is 20.4. The van der Waals surface area contributed by atoms with Crippen LogP contribution in [0.3, 0.4) is 0 Å². The minimum absolute atomic E-state index is 0.322. The van der Waals surface area contributed by atoms with Crippen molar-refractivity contribution >= 4 is 33.2 Å². The summed E-state index contributed by atoms with van der Waals surface area (Å²) in [5.41, 5.74) is 0. The number of likely N-dealkylation sites (tertiary alicyclic amines) is 1. The first-order valence-electron chi connectivity index (χ1n) is 7.67. The second kappa shape index (κ2) is 7.22. The number of nitrogens with zero attached hydrogens (tertiary/aromatic N) is 3. The zero-order valence-corrected chi connectivity index (χ0v) is 14.7. The smallest absolute Gasteiger partial charge is 0.236 e. The van der Waals surface area contributed by atoms with Gasteiger partial charge in [-0.3, -0.25) is 14.6 Å². The first-order chi connectivity index (χ1) is 10.2. The first kappa shape index (κ1) is 15.5. The maximum atomic E-state index is 12.2. The topological polar surface area (TPSA) is 26.8 Å². The van der Waals surface area contributed by atoms with Crippen molar-refractivity contribution < 1.29 is 4.79 Å². The Morgan fingerprint density at radius 2 is 1.71 bits per heavy atom. The predicted molar refractivity (Wildman–Crippen MR) is 89.6 cm³/mol. The van der Waals surface area contributed by atoms with Crippen LogP contribution >= 0.6 is 27.3 Å². The van der Waals surface area contributed by atoms with E-state index in [1.165, 1.54) is 21.5 Å². The Kier molecular flexibility index (Phi) is 5.32. The van der Waals surface area contributed by atoms with Crippen molar-refractivity contribution in [2.24, 2.45) is 0 Å². The number of piperazine rings is 1. The maximum absolute atomic E-state index is 12.2. The summed E-state index contributed by atoms with van der Waals surface area (Å²) in [5.74, 6) is 0.322. The average molecular weight is 372 g/mol. The summed E-state index contributed by atoms with van der Waals surface area (Å²) >= 11 is 5.33. The van der Waals surface area contributed by atoms with E-state index in [-0.39, 0.29) is 0 Å². The molecule has 2 saturated heterocycles. The average Bonchev–Trinajstić information content (AvgIpc) is 3.13. The Morgan fingerprint density at radius 1 is 1.05 bits per heavy atom. The number of carbonyl (C=O) groups excluding carboxylic acids is 1. The fraction of sp³-hybridized carbons (Fsp3) is 0.667. The normalized spacial score (nSPS) is 21.1. The van der Waals surface area contributed by atoms with Crippen LogP contribution in [0.1, 0.15) is 17.7 Å². The van der Waals surface area contributed by atoms with Gasteiger partial charge in [-0.05, 0) is 40.9 Å². The first-order valence-corrected chi connectivity index (χ1v) is 9.28. The van der Waals surface area contributed by atoms with Crippen LogP contribution in [-0.2, 0) is 11.3 Å². The van der Waals surface area contributed by atoms with Gasteiger partial charge in [-0.2, -0.15) is 0 Å². The van der Waals surface area contributed by atoms with Gasteiger partial charge in [0.25, 0.3) is 0 Å². The van der Waals surface area contributed by atoms with E-state index in [4.69, 9.17) is 0 Å². The Balaban J connectivity index is 1.41. The van der Waals surface area contributed by atoms with E-state index in [1.807, 2.05) is 16.2 Å². The summed E-state index contributed by atoms with van der Waals surface area (Å²) in [5, 5.41) is 0. The lowest BCUT2D eigenvalue weighted by molar-refractivity contribution is -0.131. The van der Waals surface area contributed by atoms with E-state index in [2.05, 4.69) is 37.9 Å². The Hall–Kier alpha value is -0.430. The molecule has 0 saturated carbocycles. The zero-order chi connectivity index (χ0) is 14.7. The molecule has 21 heavy (non-hydrogen) atoms. The van der Waals surface area contributed by atoms with Gasteiger partial charge in [0.15, 0.2) is 0 Å². The van der Waals surface area contributed by atoms with Gasteiger partial charge in [-0.1, -0.05) is 0 Å². The summed E-state index contributed by atoms with van der Waals surface area (Å²) in [6.07, 6.45) is 2.35. The van der Waals surface area contributed by atoms with Crippen LogP contribution in [0.15, 0.2) is 15.9 Å². The molecule has 0 spiro atoms. The standard InChI is InChI=1S/C15H22BrN3OS/c16-14-4-3-13(21-14)11-17-7-9-18(10-8-17)12-15(20)19-5-1-2-6-19/h3-4H,1-2,5-12H2. The van der Waals surface area contributed by atoms with Crippen LogP contribution in [0.25, 0.3) is 0 Å². The molecule has 2 aliphatic heterocycles. The fourth-order valence-corrected chi connectivity index (χ4v) is 4.55. The quantitative estimate of drug-likeness (QED) is 0.811. The van der Waals surface area contributed by atoms with E-state index < -0.39 is 0 Å². The van der Waals surface area contributed by atoms with Crippen LogP contribution < -0.4 is 0 Å². The highest BCUT2D eigenvalue weighted by Gasteiger charge is 2.23. The lowest BCUT2D eigenvalue weighted by Crippen LogP contribution is -2.49. The molecule has 0 atom stereocenters. The molecule has 2 aliphatic rings. The Morgan fingerprint density at radius 3 is 2.33 bits per heavy atom. The van der Waals surface area contributed by atoms with Crippen molar-refractivity contribution in [1.29, 1.82) is 0 Å². The largest absolute Gasteiger partial charge is 0.342 e. The van der Waals surface area contributed by atoms with Gasteiger partial charge in [0.05, 0.1) is 10.3 Å². The molecule has 116 valence electrons. The van der Waals surface area contributed by atoms with Crippen LogP contribution in [0, 0.1) is 0 Å². The molecule has 3 rings (SSSR count). The Labute approximate surface area is 138 Å². The van der Waals surface area contributed by atoms with Gasteiger partial charge in [0, 0.05) is 50.7 Å². The van der Waals surface area contributed by atoms with Crippen LogP contribution in [0.5, 0.6) is 0 Å². The monoisotopic (exact) mass is 371 g/mol. The second-order valence-corrected chi connectivity index (χ2v) is 8.39. The van der Waals surface area contributed by atoms with Crippen molar-refractivity contribution in [2.75, 3.05) is 45.8 Å². The molecule has 0 N–H and O–H groups in total. The number of hydrogen-bond acceptors (Lipinski definition) is 4. The number of thiophene rings is 1. The van der Waals surface area contributed by atoms with E-state index >= 15 is 0 Å². The third kappa shape index (κ3) is 4.28. The molecule has 0 aliphatic carbocycles. The summed E-state index contributed by atoms with van der Waals surface area (Å²) in [6.45, 7) is 7.70. The zero-order valence-electron chi connectivity index (χ0n) is 12.3. The summed E-state index contributed by atoms with van der Waals surface area (Å²) < 4.78 is 1.20. The van der Waals surface area contributed by atoms with Gasteiger partial charge in [-0.15, -0.1) is 11.3 Å².